The molecule has 5 nitrogen and oxygen atoms in total. The van der Waals surface area contributed by atoms with E-state index in [1.54, 1.807) is 0 Å². The smallest absolute Gasteiger partial charge is 0.261 e. The molecule has 0 fully saturated rings. The normalized spacial score (nSPS) is 12.4. The van der Waals surface area contributed by atoms with Gasteiger partial charge in [0, 0.05) is 16.9 Å². The van der Waals surface area contributed by atoms with Crippen LogP contribution < -0.4 is 4.74 Å². The lowest BCUT2D eigenvalue weighted by molar-refractivity contribution is 0.336. The first kappa shape index (κ1) is 17.2. The van der Waals surface area contributed by atoms with Crippen LogP contribution in [0.1, 0.15) is 0 Å². The molecule has 0 spiro atoms. The average Bonchev–Trinajstić information content (AvgIpc) is 2.18. The third-order valence-corrected chi connectivity index (χ3v) is 5.37. The van der Waals surface area contributed by atoms with Crippen LogP contribution in [0.4, 0.5) is 0 Å². The van der Waals surface area contributed by atoms with Gasteiger partial charge in [-0.2, -0.15) is 0 Å². The van der Waals surface area contributed by atoms with E-state index >= 15 is 0 Å². The first-order valence-corrected chi connectivity index (χ1v) is 10.7. The highest BCUT2D eigenvalue weighted by Gasteiger charge is 2.16. The van der Waals surface area contributed by atoms with Gasteiger partial charge in [0.1, 0.15) is 12.4 Å². The SMILES string of the molecule is CS(=O)(=O)CCOc1c(Br)cc(S(=O)(=O)Cl)cc1Br. The van der Waals surface area contributed by atoms with Crippen molar-refractivity contribution >= 4 is 61.4 Å². The molecule has 0 aliphatic carbocycles. The third kappa shape index (κ3) is 5.58. The highest BCUT2D eigenvalue weighted by atomic mass is 79.9. The van der Waals surface area contributed by atoms with Crippen LogP contribution in [-0.2, 0) is 18.9 Å². The number of halogens is 3. The molecule has 0 aromatic heterocycles. The summed E-state index contributed by atoms with van der Waals surface area (Å²) < 4.78 is 50.4. The molecule has 19 heavy (non-hydrogen) atoms. The quantitative estimate of drug-likeness (QED) is 0.637. The van der Waals surface area contributed by atoms with Gasteiger partial charge in [-0.05, 0) is 44.0 Å². The van der Waals surface area contributed by atoms with Gasteiger partial charge in [-0.25, -0.2) is 16.8 Å². The molecule has 108 valence electrons. The van der Waals surface area contributed by atoms with Crippen molar-refractivity contribution in [1.82, 2.24) is 0 Å². The van der Waals surface area contributed by atoms with E-state index in [4.69, 9.17) is 15.4 Å². The van der Waals surface area contributed by atoms with Crippen molar-refractivity contribution in [2.24, 2.45) is 0 Å². The van der Waals surface area contributed by atoms with Crippen LogP contribution in [0.15, 0.2) is 26.0 Å². The Balaban J connectivity index is 2.99. The fourth-order valence-electron chi connectivity index (χ4n) is 1.11. The Labute approximate surface area is 132 Å². The van der Waals surface area contributed by atoms with Crippen LogP contribution in [0, 0.1) is 0 Å². The van der Waals surface area contributed by atoms with Gasteiger partial charge < -0.3 is 4.74 Å². The zero-order chi connectivity index (χ0) is 14.8. The van der Waals surface area contributed by atoms with Crippen LogP contribution in [0.3, 0.4) is 0 Å². The summed E-state index contributed by atoms with van der Waals surface area (Å²) in [6.45, 7) is -0.0387. The van der Waals surface area contributed by atoms with Crippen molar-refractivity contribution in [1.29, 1.82) is 0 Å². The molecule has 1 aromatic rings. The van der Waals surface area contributed by atoms with E-state index in [1.807, 2.05) is 0 Å². The summed E-state index contributed by atoms with van der Waals surface area (Å²) in [4.78, 5) is -0.0941. The Kier molecular flexibility index (Phi) is 5.71. The maximum atomic E-state index is 11.2. The molecule has 0 radical (unpaired) electrons. The number of rotatable bonds is 5. The van der Waals surface area contributed by atoms with E-state index in [0.29, 0.717) is 14.7 Å². The molecule has 0 aliphatic rings. The molecular formula is C9H9Br2ClO5S2. The average molecular weight is 457 g/mol. The van der Waals surface area contributed by atoms with E-state index in [0.717, 1.165) is 6.26 Å². The minimum Gasteiger partial charge on any atom is -0.490 e. The summed E-state index contributed by atoms with van der Waals surface area (Å²) in [7, 11) is -1.74. The van der Waals surface area contributed by atoms with Gasteiger partial charge in [0.15, 0.2) is 9.84 Å². The van der Waals surface area contributed by atoms with E-state index in [9.17, 15) is 16.8 Å². The van der Waals surface area contributed by atoms with Crippen molar-refractivity contribution in [2.75, 3.05) is 18.6 Å². The molecule has 1 rings (SSSR count). The lowest BCUT2D eigenvalue weighted by Gasteiger charge is -2.11. The second kappa shape index (κ2) is 6.30. The largest absolute Gasteiger partial charge is 0.490 e. The Morgan fingerprint density at radius 3 is 2.00 bits per heavy atom. The second-order valence-corrected chi connectivity index (χ2v) is 10.2. The Morgan fingerprint density at radius 2 is 1.63 bits per heavy atom. The minimum atomic E-state index is -3.85. The van der Waals surface area contributed by atoms with Crippen LogP contribution in [0.2, 0.25) is 0 Å². The maximum Gasteiger partial charge on any atom is 0.261 e. The van der Waals surface area contributed by atoms with Gasteiger partial charge in [-0.1, -0.05) is 0 Å². The second-order valence-electron chi connectivity index (χ2n) is 3.63. The van der Waals surface area contributed by atoms with Crippen LogP contribution in [0.25, 0.3) is 0 Å². The molecule has 0 saturated carbocycles. The van der Waals surface area contributed by atoms with Gasteiger partial charge in [-0.15, -0.1) is 0 Å². The number of hydrogen-bond acceptors (Lipinski definition) is 5. The van der Waals surface area contributed by atoms with Crippen molar-refractivity contribution < 1.29 is 21.6 Å². The monoisotopic (exact) mass is 454 g/mol. The van der Waals surface area contributed by atoms with Crippen LogP contribution in [0.5, 0.6) is 5.75 Å². The summed E-state index contributed by atoms with van der Waals surface area (Å²) in [6, 6.07) is 2.56. The van der Waals surface area contributed by atoms with E-state index in [-0.39, 0.29) is 17.3 Å². The molecule has 0 unspecified atom stereocenters. The van der Waals surface area contributed by atoms with Crippen molar-refractivity contribution in [3.05, 3.63) is 21.1 Å². The minimum absolute atomic E-state index is 0.0387. The Hall–Kier alpha value is 0.170. The van der Waals surface area contributed by atoms with E-state index < -0.39 is 18.9 Å². The predicted molar refractivity (Wildman–Crippen MR) is 80.1 cm³/mol. The maximum absolute atomic E-state index is 11.2. The number of benzene rings is 1. The van der Waals surface area contributed by atoms with Crippen molar-refractivity contribution in [2.45, 2.75) is 4.90 Å². The molecule has 0 bridgehead atoms. The van der Waals surface area contributed by atoms with Gasteiger partial charge in [0.2, 0.25) is 0 Å². The highest BCUT2D eigenvalue weighted by Crippen LogP contribution is 2.36. The summed E-state index contributed by atoms with van der Waals surface area (Å²) >= 11 is 6.29. The molecule has 1 aromatic carbocycles. The fraction of sp³-hybridized carbons (Fsp3) is 0.333. The van der Waals surface area contributed by atoms with Gasteiger partial charge in [0.25, 0.3) is 9.05 Å². The number of sulfone groups is 1. The third-order valence-electron chi connectivity index (χ3n) is 1.95. The Bertz CT molecular complexity index is 662. The zero-order valence-electron chi connectivity index (χ0n) is 9.56. The summed E-state index contributed by atoms with van der Waals surface area (Å²) in [5, 5.41) is 0. The first-order chi connectivity index (χ1) is 8.50. The fourth-order valence-corrected chi connectivity index (χ4v) is 4.00. The summed E-state index contributed by atoms with van der Waals surface area (Å²) in [5.41, 5.74) is 0. The predicted octanol–water partition coefficient (Wildman–Crippen LogP) is 2.56. The molecule has 0 atom stereocenters. The molecule has 0 N–H and O–H groups in total. The molecule has 0 heterocycles. The topological polar surface area (TPSA) is 77.5 Å². The lowest BCUT2D eigenvalue weighted by Crippen LogP contribution is -2.12. The van der Waals surface area contributed by atoms with Gasteiger partial charge in [0.05, 0.1) is 19.6 Å². The van der Waals surface area contributed by atoms with Gasteiger partial charge >= 0.3 is 0 Å². The molecule has 10 heteroatoms. The summed E-state index contributed by atoms with van der Waals surface area (Å²) in [5.74, 6) is 0.175. The van der Waals surface area contributed by atoms with Crippen LogP contribution >= 0.6 is 42.5 Å². The number of hydrogen-bond donors (Lipinski definition) is 0. The van der Waals surface area contributed by atoms with Crippen molar-refractivity contribution in [3.8, 4) is 5.75 Å². The zero-order valence-corrected chi connectivity index (χ0v) is 15.1. The molecule has 0 aliphatic heterocycles. The van der Waals surface area contributed by atoms with Crippen LogP contribution in [-0.4, -0.2) is 35.5 Å². The van der Waals surface area contributed by atoms with Gasteiger partial charge in [-0.3, -0.25) is 0 Å². The lowest BCUT2D eigenvalue weighted by atomic mass is 10.3. The molecule has 0 saturated heterocycles. The first-order valence-electron chi connectivity index (χ1n) is 4.75. The van der Waals surface area contributed by atoms with Crippen molar-refractivity contribution in [3.63, 3.8) is 0 Å². The highest BCUT2D eigenvalue weighted by molar-refractivity contribution is 9.11. The standard InChI is InChI=1S/C9H9Br2ClO5S2/c1-18(13,14)3-2-17-9-7(10)4-6(5-8(9)11)19(12,15)16/h4-5H,2-3H2,1H3. The molecule has 0 amide bonds. The van der Waals surface area contributed by atoms with E-state index in [1.165, 1.54) is 12.1 Å². The summed E-state index contributed by atoms with van der Waals surface area (Å²) in [6.07, 6.45) is 1.10. The number of ether oxygens (including phenoxy) is 1. The van der Waals surface area contributed by atoms with E-state index in [2.05, 4.69) is 31.9 Å². The molecular weight excluding hydrogens is 447 g/mol. The Morgan fingerprint density at radius 1 is 1.16 bits per heavy atom.